The summed E-state index contributed by atoms with van der Waals surface area (Å²) >= 11 is 0. The maximum Gasteiger partial charge on any atom is 0.335 e. The number of para-hydroxylation sites is 1. The fraction of sp³-hybridized carbons (Fsp3) is 0.0435. The van der Waals surface area contributed by atoms with Gasteiger partial charge in [-0.3, -0.25) is 0 Å². The molecule has 4 rings (SSSR count). The second-order valence-corrected chi connectivity index (χ2v) is 6.43. The Morgan fingerprint density at radius 1 is 0.867 bits per heavy atom. The van der Waals surface area contributed by atoms with Crippen molar-refractivity contribution in [3.8, 4) is 12.1 Å². The molecule has 0 bridgehead atoms. The number of nitriles is 2. The van der Waals surface area contributed by atoms with E-state index >= 15 is 0 Å². The summed E-state index contributed by atoms with van der Waals surface area (Å²) in [5.41, 5.74) is 3.85. The Balaban J connectivity index is 0.000000187. The van der Waals surface area contributed by atoms with E-state index in [1.807, 2.05) is 31.2 Å². The van der Waals surface area contributed by atoms with E-state index < -0.39 is 11.9 Å². The molecule has 1 aromatic heterocycles. The number of hydrogen-bond acceptors (Lipinski definition) is 4. The van der Waals surface area contributed by atoms with Crippen molar-refractivity contribution in [2.24, 2.45) is 0 Å². The number of fused-ring (bicyclic) bond motifs is 3. The quantitative estimate of drug-likeness (QED) is 0.457. The van der Waals surface area contributed by atoms with E-state index in [0.29, 0.717) is 11.1 Å². The number of carboxylic acids is 2. The van der Waals surface area contributed by atoms with Gasteiger partial charge in [-0.25, -0.2) is 9.59 Å². The molecule has 7 heteroatoms. The molecule has 3 aromatic carbocycles. The molecule has 0 unspecified atom stereocenters. The molecule has 4 aromatic rings. The standard InChI is InChI=1S/C15H9N3.C8H6O4/c1-9-13(8-17)10(7-16)6-12-11-4-2-3-5-14(11)18-15(9)12;9-7(10)5-1-2-6(4-3-5)8(11)12/h2-6,18H,1H3;1-4H,(H,9,10)(H,11,12). The molecule has 0 saturated carbocycles. The van der Waals surface area contributed by atoms with Gasteiger partial charge in [0.15, 0.2) is 0 Å². The van der Waals surface area contributed by atoms with E-state index in [0.717, 1.165) is 27.4 Å². The second-order valence-electron chi connectivity index (χ2n) is 6.43. The first kappa shape index (κ1) is 20.1. The van der Waals surface area contributed by atoms with Gasteiger partial charge in [0.05, 0.1) is 27.8 Å². The van der Waals surface area contributed by atoms with Crippen molar-refractivity contribution >= 4 is 33.7 Å². The number of carbonyl (C=O) groups is 2. The number of carboxylic acid groups (broad SMARTS) is 2. The average Bonchev–Trinajstić information content (AvgIpc) is 3.13. The molecule has 0 aliphatic heterocycles. The van der Waals surface area contributed by atoms with E-state index in [1.165, 1.54) is 24.3 Å². The van der Waals surface area contributed by atoms with E-state index in [2.05, 4.69) is 17.1 Å². The van der Waals surface area contributed by atoms with Crippen LogP contribution in [-0.2, 0) is 0 Å². The molecule has 0 amide bonds. The van der Waals surface area contributed by atoms with Crippen molar-refractivity contribution in [3.05, 3.63) is 82.4 Å². The van der Waals surface area contributed by atoms with Gasteiger partial charge >= 0.3 is 11.9 Å². The largest absolute Gasteiger partial charge is 0.478 e. The molecule has 0 atom stereocenters. The van der Waals surface area contributed by atoms with E-state index in [1.54, 1.807) is 6.07 Å². The highest BCUT2D eigenvalue weighted by atomic mass is 16.4. The van der Waals surface area contributed by atoms with Crippen LogP contribution < -0.4 is 0 Å². The molecule has 1 heterocycles. The van der Waals surface area contributed by atoms with Crippen LogP contribution in [0.5, 0.6) is 0 Å². The van der Waals surface area contributed by atoms with Crippen molar-refractivity contribution in [2.45, 2.75) is 6.92 Å². The lowest BCUT2D eigenvalue weighted by atomic mass is 9.99. The number of hydrogen-bond donors (Lipinski definition) is 3. The fourth-order valence-electron chi connectivity index (χ4n) is 3.14. The summed E-state index contributed by atoms with van der Waals surface area (Å²) in [5.74, 6) is -2.13. The lowest BCUT2D eigenvalue weighted by Gasteiger charge is -2.01. The Bertz CT molecular complexity index is 1340. The number of H-pyrrole nitrogens is 1. The molecular weight excluding hydrogens is 382 g/mol. The zero-order chi connectivity index (χ0) is 21.8. The number of aryl methyl sites for hydroxylation is 1. The monoisotopic (exact) mass is 397 g/mol. The first-order valence-corrected chi connectivity index (χ1v) is 8.78. The fourth-order valence-corrected chi connectivity index (χ4v) is 3.14. The van der Waals surface area contributed by atoms with Gasteiger partial charge in [0.25, 0.3) is 0 Å². The van der Waals surface area contributed by atoms with Crippen LogP contribution in [0.25, 0.3) is 21.8 Å². The van der Waals surface area contributed by atoms with Crippen LogP contribution >= 0.6 is 0 Å². The maximum absolute atomic E-state index is 10.3. The average molecular weight is 397 g/mol. The molecule has 0 radical (unpaired) electrons. The Kier molecular flexibility index (Phi) is 5.48. The summed E-state index contributed by atoms with van der Waals surface area (Å²) in [4.78, 5) is 24.0. The first-order valence-electron chi connectivity index (χ1n) is 8.78. The Hall–Kier alpha value is -4.62. The molecule has 0 spiro atoms. The van der Waals surface area contributed by atoms with Gasteiger partial charge in [0.2, 0.25) is 0 Å². The smallest absolute Gasteiger partial charge is 0.335 e. The summed E-state index contributed by atoms with van der Waals surface area (Å²) in [5, 5.41) is 37.3. The van der Waals surface area contributed by atoms with E-state index in [4.69, 9.17) is 20.7 Å². The normalized spacial score (nSPS) is 9.97. The van der Waals surface area contributed by atoms with Gasteiger partial charge in [0.1, 0.15) is 12.1 Å². The minimum absolute atomic E-state index is 0.0833. The molecule has 30 heavy (non-hydrogen) atoms. The Morgan fingerprint density at radius 2 is 1.43 bits per heavy atom. The first-order chi connectivity index (χ1) is 14.4. The van der Waals surface area contributed by atoms with Crippen LogP contribution in [0.1, 0.15) is 37.4 Å². The molecule has 3 N–H and O–H groups in total. The maximum atomic E-state index is 10.3. The molecule has 0 fully saturated rings. The lowest BCUT2D eigenvalue weighted by Crippen LogP contribution is -1.99. The van der Waals surface area contributed by atoms with Crippen LogP contribution in [0.15, 0.2) is 54.6 Å². The van der Waals surface area contributed by atoms with Gasteiger partial charge < -0.3 is 15.2 Å². The zero-order valence-electron chi connectivity index (χ0n) is 15.8. The molecule has 7 nitrogen and oxygen atoms in total. The predicted molar refractivity (Wildman–Crippen MR) is 110 cm³/mol. The van der Waals surface area contributed by atoms with Gasteiger partial charge in [-0.1, -0.05) is 18.2 Å². The highest BCUT2D eigenvalue weighted by Crippen LogP contribution is 2.30. The van der Waals surface area contributed by atoms with Crippen molar-refractivity contribution in [3.63, 3.8) is 0 Å². The molecule has 0 saturated heterocycles. The molecule has 0 aliphatic rings. The van der Waals surface area contributed by atoms with Gasteiger partial charge in [-0.2, -0.15) is 10.5 Å². The van der Waals surface area contributed by atoms with Crippen LogP contribution in [0.2, 0.25) is 0 Å². The topological polar surface area (TPSA) is 138 Å². The number of nitrogens with one attached hydrogen (secondary N) is 1. The summed E-state index contributed by atoms with van der Waals surface area (Å²) in [7, 11) is 0. The van der Waals surface area contributed by atoms with Crippen molar-refractivity contribution in [1.82, 2.24) is 4.98 Å². The number of aromatic amines is 1. The minimum atomic E-state index is -1.06. The van der Waals surface area contributed by atoms with Crippen molar-refractivity contribution < 1.29 is 19.8 Å². The lowest BCUT2D eigenvalue weighted by molar-refractivity contribution is 0.0681. The van der Waals surface area contributed by atoms with Crippen molar-refractivity contribution in [2.75, 3.05) is 0 Å². The van der Waals surface area contributed by atoms with Crippen LogP contribution in [-0.4, -0.2) is 27.1 Å². The van der Waals surface area contributed by atoms with E-state index in [-0.39, 0.29) is 11.1 Å². The van der Waals surface area contributed by atoms with Gasteiger partial charge in [-0.15, -0.1) is 0 Å². The van der Waals surface area contributed by atoms with Crippen LogP contribution in [0.3, 0.4) is 0 Å². The third-order valence-corrected chi connectivity index (χ3v) is 4.67. The number of aromatic carboxylic acids is 2. The predicted octanol–water partition coefficient (Wildman–Crippen LogP) is 4.46. The highest BCUT2D eigenvalue weighted by molar-refractivity contribution is 6.09. The van der Waals surface area contributed by atoms with Crippen LogP contribution in [0.4, 0.5) is 0 Å². The third-order valence-electron chi connectivity index (χ3n) is 4.67. The van der Waals surface area contributed by atoms with Gasteiger partial charge in [-0.05, 0) is 48.9 Å². The Morgan fingerprint density at radius 3 is 1.93 bits per heavy atom. The number of rotatable bonds is 2. The summed E-state index contributed by atoms with van der Waals surface area (Å²) in [6.45, 7) is 1.87. The molecule has 146 valence electrons. The second kappa shape index (κ2) is 8.17. The number of nitrogens with zero attached hydrogens (tertiary/aromatic N) is 2. The van der Waals surface area contributed by atoms with Gasteiger partial charge in [0, 0.05) is 16.3 Å². The number of benzene rings is 3. The Labute approximate surface area is 171 Å². The summed E-state index contributed by atoms with van der Waals surface area (Å²) in [6.07, 6.45) is 0. The van der Waals surface area contributed by atoms with E-state index in [9.17, 15) is 9.59 Å². The van der Waals surface area contributed by atoms with Crippen LogP contribution in [0, 0.1) is 29.6 Å². The minimum Gasteiger partial charge on any atom is -0.478 e. The zero-order valence-corrected chi connectivity index (χ0v) is 15.8. The molecule has 0 aliphatic carbocycles. The highest BCUT2D eigenvalue weighted by Gasteiger charge is 2.13. The third kappa shape index (κ3) is 3.68. The molecular formula is C23H15N3O4. The summed E-state index contributed by atoms with van der Waals surface area (Å²) < 4.78 is 0. The van der Waals surface area contributed by atoms with Crippen molar-refractivity contribution in [1.29, 1.82) is 10.5 Å². The number of aromatic nitrogens is 1. The SMILES string of the molecule is Cc1c(C#N)c(C#N)cc2c1[nH]c1ccccc12.O=C(O)c1ccc(C(=O)O)cc1. The summed E-state index contributed by atoms with van der Waals surface area (Å²) in [6, 6.07) is 19.0.